The molecule has 2 aromatic rings. The molecule has 0 saturated carbocycles. The first kappa shape index (κ1) is 10.0. The number of oxime groups is 1. The summed E-state index contributed by atoms with van der Waals surface area (Å²) in [7, 11) is 0. The number of nitrogens with zero attached hydrogens (tertiary/aromatic N) is 2. The molecule has 17 heavy (non-hydrogen) atoms. The first-order chi connectivity index (χ1) is 8.43. The predicted octanol–water partition coefficient (Wildman–Crippen LogP) is 2.95. The SMILES string of the molecule is c1ccc(C2=NOC(c3cccnc3)C2)cc1. The lowest BCUT2D eigenvalue weighted by Crippen LogP contribution is -2.01. The third-order valence-corrected chi connectivity index (χ3v) is 2.83. The van der Waals surface area contributed by atoms with E-state index >= 15 is 0 Å². The third kappa shape index (κ3) is 2.04. The van der Waals surface area contributed by atoms with E-state index in [0.29, 0.717) is 0 Å². The van der Waals surface area contributed by atoms with Crippen molar-refractivity contribution in [2.24, 2.45) is 5.16 Å². The van der Waals surface area contributed by atoms with Crippen LogP contribution in [0, 0.1) is 0 Å². The van der Waals surface area contributed by atoms with Crippen LogP contribution in [0.25, 0.3) is 0 Å². The Bertz CT molecular complexity index is 522. The molecule has 0 N–H and O–H groups in total. The molecule has 1 aliphatic heterocycles. The van der Waals surface area contributed by atoms with E-state index < -0.39 is 0 Å². The van der Waals surface area contributed by atoms with E-state index in [1.165, 1.54) is 0 Å². The summed E-state index contributed by atoms with van der Waals surface area (Å²) in [6, 6.07) is 14.0. The Labute approximate surface area is 99.8 Å². The van der Waals surface area contributed by atoms with Gasteiger partial charge in [-0.1, -0.05) is 41.6 Å². The van der Waals surface area contributed by atoms with Gasteiger partial charge in [0.05, 0.1) is 5.71 Å². The van der Waals surface area contributed by atoms with Crippen molar-refractivity contribution in [2.45, 2.75) is 12.5 Å². The van der Waals surface area contributed by atoms with Crippen molar-refractivity contribution >= 4 is 5.71 Å². The van der Waals surface area contributed by atoms with Crippen molar-refractivity contribution in [3.63, 3.8) is 0 Å². The van der Waals surface area contributed by atoms with Gasteiger partial charge in [-0.05, 0) is 11.6 Å². The standard InChI is InChI=1S/C14H12N2O/c1-2-5-11(6-3-1)13-9-14(17-16-13)12-7-4-8-15-10-12/h1-8,10,14H,9H2. The van der Waals surface area contributed by atoms with Crippen LogP contribution < -0.4 is 0 Å². The fraction of sp³-hybridized carbons (Fsp3) is 0.143. The van der Waals surface area contributed by atoms with Gasteiger partial charge in [-0.3, -0.25) is 4.98 Å². The number of benzene rings is 1. The highest BCUT2D eigenvalue weighted by Crippen LogP contribution is 2.28. The molecule has 0 spiro atoms. The molecule has 1 aromatic heterocycles. The average molecular weight is 224 g/mol. The second-order valence-electron chi connectivity index (χ2n) is 3.99. The van der Waals surface area contributed by atoms with Crippen molar-refractivity contribution in [3.05, 3.63) is 66.0 Å². The first-order valence-corrected chi connectivity index (χ1v) is 5.61. The quantitative estimate of drug-likeness (QED) is 0.786. The minimum Gasteiger partial charge on any atom is -0.387 e. The fourth-order valence-electron chi connectivity index (χ4n) is 1.92. The van der Waals surface area contributed by atoms with Gasteiger partial charge in [-0.2, -0.15) is 0 Å². The Morgan fingerprint density at radius 3 is 2.71 bits per heavy atom. The van der Waals surface area contributed by atoms with Crippen LogP contribution in [-0.2, 0) is 4.84 Å². The summed E-state index contributed by atoms with van der Waals surface area (Å²) in [4.78, 5) is 9.55. The smallest absolute Gasteiger partial charge is 0.159 e. The highest BCUT2D eigenvalue weighted by molar-refractivity contribution is 6.01. The van der Waals surface area contributed by atoms with Crippen LogP contribution >= 0.6 is 0 Å². The van der Waals surface area contributed by atoms with Gasteiger partial charge in [0, 0.05) is 24.4 Å². The van der Waals surface area contributed by atoms with Gasteiger partial charge >= 0.3 is 0 Å². The van der Waals surface area contributed by atoms with E-state index in [1.54, 1.807) is 6.20 Å². The van der Waals surface area contributed by atoms with Crippen molar-refractivity contribution < 1.29 is 4.84 Å². The van der Waals surface area contributed by atoms with Gasteiger partial charge in [0.15, 0.2) is 6.10 Å². The Kier molecular flexibility index (Phi) is 2.58. The number of hydrogen-bond acceptors (Lipinski definition) is 3. The minimum absolute atomic E-state index is 0.00101. The summed E-state index contributed by atoms with van der Waals surface area (Å²) < 4.78 is 0. The number of hydrogen-bond donors (Lipinski definition) is 0. The van der Waals surface area contributed by atoms with E-state index in [-0.39, 0.29) is 6.10 Å². The zero-order chi connectivity index (χ0) is 11.5. The van der Waals surface area contributed by atoms with Crippen LogP contribution in [0.4, 0.5) is 0 Å². The molecule has 0 radical (unpaired) electrons. The van der Waals surface area contributed by atoms with Crippen molar-refractivity contribution in [3.8, 4) is 0 Å². The van der Waals surface area contributed by atoms with Gasteiger partial charge in [0.1, 0.15) is 0 Å². The number of aromatic nitrogens is 1. The van der Waals surface area contributed by atoms with Gasteiger partial charge in [-0.15, -0.1) is 0 Å². The molecule has 0 bridgehead atoms. The lowest BCUT2D eigenvalue weighted by Gasteiger charge is -2.06. The molecule has 1 aliphatic rings. The van der Waals surface area contributed by atoms with Crippen LogP contribution in [0.15, 0.2) is 60.0 Å². The molecule has 1 atom stereocenters. The molecule has 0 aliphatic carbocycles. The largest absolute Gasteiger partial charge is 0.387 e. The Morgan fingerprint density at radius 1 is 1.06 bits per heavy atom. The van der Waals surface area contributed by atoms with E-state index in [4.69, 9.17) is 4.84 Å². The van der Waals surface area contributed by atoms with E-state index in [9.17, 15) is 0 Å². The minimum atomic E-state index is -0.00101. The molecular weight excluding hydrogens is 212 g/mol. The van der Waals surface area contributed by atoms with Gasteiger partial charge in [-0.25, -0.2) is 0 Å². The van der Waals surface area contributed by atoms with E-state index in [0.717, 1.165) is 23.3 Å². The van der Waals surface area contributed by atoms with Crippen molar-refractivity contribution in [1.82, 2.24) is 4.98 Å². The van der Waals surface area contributed by atoms with Crippen molar-refractivity contribution in [1.29, 1.82) is 0 Å². The molecule has 84 valence electrons. The fourth-order valence-corrected chi connectivity index (χ4v) is 1.92. The summed E-state index contributed by atoms with van der Waals surface area (Å²) in [5.74, 6) is 0. The normalized spacial score (nSPS) is 18.6. The number of rotatable bonds is 2. The lowest BCUT2D eigenvalue weighted by atomic mass is 10.0. The molecule has 3 rings (SSSR count). The second kappa shape index (κ2) is 4.37. The molecule has 1 aromatic carbocycles. The van der Waals surface area contributed by atoms with Gasteiger partial charge < -0.3 is 4.84 Å². The molecule has 0 saturated heterocycles. The highest BCUT2D eigenvalue weighted by atomic mass is 16.6. The monoisotopic (exact) mass is 224 g/mol. The van der Waals surface area contributed by atoms with Crippen LogP contribution in [0.1, 0.15) is 23.7 Å². The molecule has 2 heterocycles. The average Bonchev–Trinajstić information content (AvgIpc) is 2.90. The van der Waals surface area contributed by atoms with Crippen LogP contribution in [-0.4, -0.2) is 10.7 Å². The maximum absolute atomic E-state index is 5.45. The Hall–Kier alpha value is -2.16. The predicted molar refractivity (Wildman–Crippen MR) is 65.7 cm³/mol. The summed E-state index contributed by atoms with van der Waals surface area (Å²) >= 11 is 0. The molecular formula is C14H12N2O. The Morgan fingerprint density at radius 2 is 1.94 bits per heavy atom. The van der Waals surface area contributed by atoms with Gasteiger partial charge in [0.2, 0.25) is 0 Å². The lowest BCUT2D eigenvalue weighted by molar-refractivity contribution is 0.0855. The molecule has 0 fully saturated rings. The van der Waals surface area contributed by atoms with Gasteiger partial charge in [0.25, 0.3) is 0 Å². The zero-order valence-electron chi connectivity index (χ0n) is 9.28. The van der Waals surface area contributed by atoms with Crippen LogP contribution in [0.5, 0.6) is 0 Å². The molecule has 1 unspecified atom stereocenters. The van der Waals surface area contributed by atoms with Crippen molar-refractivity contribution in [2.75, 3.05) is 0 Å². The van der Waals surface area contributed by atoms with Crippen LogP contribution in [0.3, 0.4) is 0 Å². The molecule has 0 amide bonds. The molecule has 3 nitrogen and oxygen atoms in total. The maximum Gasteiger partial charge on any atom is 0.159 e. The highest BCUT2D eigenvalue weighted by Gasteiger charge is 2.23. The summed E-state index contributed by atoms with van der Waals surface area (Å²) in [5, 5.41) is 4.15. The summed E-state index contributed by atoms with van der Waals surface area (Å²) in [5.41, 5.74) is 3.19. The second-order valence-corrected chi connectivity index (χ2v) is 3.99. The maximum atomic E-state index is 5.45. The summed E-state index contributed by atoms with van der Waals surface area (Å²) in [6.45, 7) is 0. The third-order valence-electron chi connectivity index (χ3n) is 2.83. The Balaban J connectivity index is 1.78. The van der Waals surface area contributed by atoms with Crippen LogP contribution in [0.2, 0.25) is 0 Å². The first-order valence-electron chi connectivity index (χ1n) is 5.61. The zero-order valence-corrected chi connectivity index (χ0v) is 9.28. The molecule has 3 heteroatoms. The number of pyridine rings is 1. The van der Waals surface area contributed by atoms with E-state index in [1.807, 2.05) is 48.7 Å². The van der Waals surface area contributed by atoms with E-state index in [2.05, 4.69) is 10.1 Å². The topological polar surface area (TPSA) is 34.5 Å². The summed E-state index contributed by atoms with van der Waals surface area (Å²) in [6.07, 6.45) is 4.39.